The molecule has 0 bridgehead atoms. The van der Waals surface area contributed by atoms with E-state index in [0.29, 0.717) is 10.9 Å². The number of hydrogen-bond donors (Lipinski definition) is 0. The molecule has 0 unspecified atom stereocenters. The van der Waals surface area contributed by atoms with Crippen LogP contribution in [-0.2, 0) is 0 Å². The Morgan fingerprint density at radius 3 is 2.70 bits per heavy atom. The highest BCUT2D eigenvalue weighted by atomic mass is 35.5. The van der Waals surface area contributed by atoms with Gasteiger partial charge in [-0.1, -0.05) is 29.8 Å². The van der Waals surface area contributed by atoms with Crippen LogP contribution >= 0.6 is 11.6 Å². The van der Waals surface area contributed by atoms with Crippen molar-refractivity contribution in [3.05, 3.63) is 59.3 Å². The Kier molecular flexibility index (Phi) is 2.71. The molecule has 0 N–H and O–H groups in total. The van der Waals surface area contributed by atoms with Crippen LogP contribution in [0.1, 0.15) is 24.5 Å². The van der Waals surface area contributed by atoms with E-state index in [1.54, 1.807) is 6.07 Å². The largest absolute Gasteiger partial charge is 0.457 e. The molecule has 3 heteroatoms. The summed E-state index contributed by atoms with van der Waals surface area (Å²) in [6.07, 6.45) is 2.45. The summed E-state index contributed by atoms with van der Waals surface area (Å²) in [4.78, 5) is 0. The molecule has 4 rings (SSSR count). The quantitative estimate of drug-likeness (QED) is 0.610. The van der Waals surface area contributed by atoms with Crippen molar-refractivity contribution in [2.75, 3.05) is 0 Å². The van der Waals surface area contributed by atoms with Gasteiger partial charge < -0.3 is 9.15 Å². The van der Waals surface area contributed by atoms with Gasteiger partial charge in [0.1, 0.15) is 11.5 Å². The molecule has 100 valence electrons. The van der Waals surface area contributed by atoms with Gasteiger partial charge in [-0.05, 0) is 43.2 Å². The lowest BCUT2D eigenvalue weighted by Gasteiger charge is -2.06. The van der Waals surface area contributed by atoms with Crippen LogP contribution in [0.15, 0.2) is 52.9 Å². The minimum absolute atomic E-state index is 0.599. The third kappa shape index (κ3) is 2.16. The molecule has 2 nitrogen and oxygen atoms in total. The topological polar surface area (TPSA) is 22.4 Å². The summed E-state index contributed by atoms with van der Waals surface area (Å²) in [7, 11) is 0. The maximum Gasteiger partial charge on any atom is 0.176 e. The normalized spacial score (nSPS) is 14.7. The van der Waals surface area contributed by atoms with Crippen molar-refractivity contribution in [1.82, 2.24) is 0 Å². The van der Waals surface area contributed by atoms with Crippen LogP contribution in [0.5, 0.6) is 11.5 Å². The average molecular weight is 285 g/mol. The number of rotatable bonds is 3. The van der Waals surface area contributed by atoms with Gasteiger partial charge in [0.05, 0.1) is 0 Å². The van der Waals surface area contributed by atoms with E-state index in [1.165, 1.54) is 12.8 Å². The Balaban J connectivity index is 1.75. The van der Waals surface area contributed by atoms with Crippen molar-refractivity contribution in [2.24, 2.45) is 0 Å². The fraction of sp³-hybridized carbons (Fsp3) is 0.176. The number of fused-ring (bicyclic) bond motifs is 1. The first-order valence-corrected chi connectivity index (χ1v) is 7.13. The average Bonchev–Trinajstić information content (AvgIpc) is 3.19. The van der Waals surface area contributed by atoms with Gasteiger partial charge in [-0.2, -0.15) is 0 Å². The van der Waals surface area contributed by atoms with Crippen molar-refractivity contribution in [2.45, 2.75) is 18.8 Å². The first-order valence-electron chi connectivity index (χ1n) is 6.75. The van der Waals surface area contributed by atoms with Crippen LogP contribution in [0.25, 0.3) is 11.0 Å². The standard InChI is InChI=1S/C17H13ClO2/c18-13-4-2-5-14(10-13)19-15-6-1-3-12-9-16(11-7-8-11)20-17(12)15/h1-6,9-11H,7-8H2. The highest BCUT2D eigenvalue weighted by molar-refractivity contribution is 6.30. The molecule has 1 fully saturated rings. The van der Waals surface area contributed by atoms with Crippen LogP contribution in [-0.4, -0.2) is 0 Å². The second-order valence-electron chi connectivity index (χ2n) is 5.16. The van der Waals surface area contributed by atoms with E-state index < -0.39 is 0 Å². The molecule has 20 heavy (non-hydrogen) atoms. The Labute approximate surface area is 121 Å². The van der Waals surface area contributed by atoms with E-state index in [0.717, 1.165) is 28.2 Å². The molecule has 0 saturated heterocycles. The minimum atomic E-state index is 0.599. The lowest BCUT2D eigenvalue weighted by molar-refractivity contribution is 0.465. The van der Waals surface area contributed by atoms with Gasteiger partial charge in [-0.3, -0.25) is 0 Å². The van der Waals surface area contributed by atoms with Gasteiger partial charge in [-0.15, -0.1) is 0 Å². The van der Waals surface area contributed by atoms with Crippen molar-refractivity contribution in [3.63, 3.8) is 0 Å². The highest BCUT2D eigenvalue weighted by Crippen LogP contribution is 2.44. The summed E-state index contributed by atoms with van der Waals surface area (Å²) in [5.41, 5.74) is 0.814. The summed E-state index contributed by atoms with van der Waals surface area (Å²) >= 11 is 5.98. The van der Waals surface area contributed by atoms with Crippen LogP contribution < -0.4 is 4.74 Å². The monoisotopic (exact) mass is 284 g/mol. The van der Waals surface area contributed by atoms with Crippen molar-refractivity contribution in [3.8, 4) is 11.5 Å². The summed E-state index contributed by atoms with van der Waals surface area (Å²) in [5, 5.41) is 1.75. The van der Waals surface area contributed by atoms with Crippen molar-refractivity contribution >= 4 is 22.6 Å². The summed E-state index contributed by atoms with van der Waals surface area (Å²) < 4.78 is 11.9. The third-order valence-corrected chi connectivity index (χ3v) is 3.77. The zero-order valence-electron chi connectivity index (χ0n) is 10.8. The van der Waals surface area contributed by atoms with Crippen LogP contribution in [0.3, 0.4) is 0 Å². The molecule has 1 saturated carbocycles. The van der Waals surface area contributed by atoms with Gasteiger partial charge in [-0.25, -0.2) is 0 Å². The molecule has 0 spiro atoms. The Bertz CT molecular complexity index is 772. The van der Waals surface area contributed by atoms with E-state index in [-0.39, 0.29) is 0 Å². The zero-order valence-corrected chi connectivity index (χ0v) is 11.6. The first-order chi connectivity index (χ1) is 9.79. The van der Waals surface area contributed by atoms with Crippen LogP contribution in [0.4, 0.5) is 0 Å². The molecular weight excluding hydrogens is 272 g/mol. The van der Waals surface area contributed by atoms with Crippen LogP contribution in [0, 0.1) is 0 Å². The second kappa shape index (κ2) is 4.57. The molecule has 1 heterocycles. The highest BCUT2D eigenvalue weighted by Gasteiger charge is 2.27. The predicted molar refractivity (Wildman–Crippen MR) is 79.7 cm³/mol. The van der Waals surface area contributed by atoms with Gasteiger partial charge in [0.15, 0.2) is 11.3 Å². The maximum absolute atomic E-state index is 5.98. The second-order valence-corrected chi connectivity index (χ2v) is 5.59. The van der Waals surface area contributed by atoms with Gasteiger partial charge in [0, 0.05) is 16.3 Å². The van der Waals surface area contributed by atoms with E-state index in [4.69, 9.17) is 20.8 Å². The molecule has 0 amide bonds. The van der Waals surface area contributed by atoms with E-state index >= 15 is 0 Å². The number of para-hydroxylation sites is 1. The van der Waals surface area contributed by atoms with Crippen molar-refractivity contribution in [1.29, 1.82) is 0 Å². The minimum Gasteiger partial charge on any atom is -0.457 e. The smallest absolute Gasteiger partial charge is 0.176 e. The van der Waals surface area contributed by atoms with Crippen LogP contribution in [0.2, 0.25) is 5.02 Å². The number of furan rings is 1. The Hall–Kier alpha value is -1.93. The van der Waals surface area contributed by atoms with Gasteiger partial charge in [0.2, 0.25) is 0 Å². The molecule has 1 aliphatic carbocycles. The van der Waals surface area contributed by atoms with Gasteiger partial charge in [0.25, 0.3) is 0 Å². The number of halogens is 1. The van der Waals surface area contributed by atoms with E-state index in [1.807, 2.05) is 30.3 Å². The molecular formula is C17H13ClO2. The van der Waals surface area contributed by atoms with Gasteiger partial charge >= 0.3 is 0 Å². The summed E-state index contributed by atoms with van der Waals surface area (Å²) in [6.45, 7) is 0. The number of ether oxygens (including phenoxy) is 1. The van der Waals surface area contributed by atoms with E-state index in [2.05, 4.69) is 12.1 Å². The lowest BCUT2D eigenvalue weighted by Crippen LogP contribution is -1.84. The number of hydrogen-bond acceptors (Lipinski definition) is 2. The molecule has 3 aromatic rings. The maximum atomic E-state index is 5.98. The molecule has 1 aromatic heterocycles. The number of benzene rings is 2. The first kappa shape index (κ1) is 11.9. The predicted octanol–water partition coefficient (Wildman–Crippen LogP) is 5.76. The third-order valence-electron chi connectivity index (χ3n) is 3.53. The molecule has 0 aliphatic heterocycles. The fourth-order valence-corrected chi connectivity index (χ4v) is 2.54. The SMILES string of the molecule is Clc1cccc(Oc2cccc3cc(C4CC4)oc23)c1. The molecule has 1 aliphatic rings. The Morgan fingerprint density at radius 2 is 1.90 bits per heavy atom. The summed E-state index contributed by atoms with van der Waals surface area (Å²) in [6, 6.07) is 15.5. The summed E-state index contributed by atoms with van der Waals surface area (Å²) in [5.74, 6) is 3.12. The van der Waals surface area contributed by atoms with E-state index in [9.17, 15) is 0 Å². The Morgan fingerprint density at radius 1 is 1.05 bits per heavy atom. The zero-order chi connectivity index (χ0) is 13.5. The molecule has 0 radical (unpaired) electrons. The molecule has 0 atom stereocenters. The lowest BCUT2D eigenvalue weighted by atomic mass is 10.2. The van der Waals surface area contributed by atoms with Crippen molar-refractivity contribution < 1.29 is 9.15 Å². The molecule has 2 aromatic carbocycles. The fourth-order valence-electron chi connectivity index (χ4n) is 2.36.